The topological polar surface area (TPSA) is 38.3 Å². The fourth-order valence-electron chi connectivity index (χ4n) is 3.82. The molecule has 0 aromatic heterocycles. The smallest absolute Gasteiger partial charge is 0.327 e. The Labute approximate surface area is 117 Å². The van der Waals surface area contributed by atoms with E-state index in [9.17, 15) is 4.79 Å². The van der Waals surface area contributed by atoms with E-state index in [1.807, 2.05) is 20.8 Å². The molecule has 0 amide bonds. The lowest BCUT2D eigenvalue weighted by atomic mass is 9.79. The van der Waals surface area contributed by atoms with Gasteiger partial charge in [0, 0.05) is 5.54 Å². The Balaban J connectivity index is 2.23. The average molecular weight is 267 g/mol. The monoisotopic (exact) mass is 267 g/mol. The van der Waals surface area contributed by atoms with E-state index in [0.717, 1.165) is 12.8 Å². The van der Waals surface area contributed by atoms with Gasteiger partial charge in [0.05, 0.1) is 0 Å². The zero-order chi connectivity index (χ0) is 14.5. The van der Waals surface area contributed by atoms with E-state index in [2.05, 4.69) is 26.1 Å². The van der Waals surface area contributed by atoms with E-state index < -0.39 is 11.1 Å². The summed E-state index contributed by atoms with van der Waals surface area (Å²) >= 11 is 0. The van der Waals surface area contributed by atoms with Crippen LogP contribution >= 0.6 is 0 Å². The molecule has 2 aliphatic rings. The van der Waals surface area contributed by atoms with Crippen molar-refractivity contribution in [1.82, 2.24) is 5.32 Å². The van der Waals surface area contributed by atoms with Crippen LogP contribution in [0.2, 0.25) is 0 Å². The molecule has 0 aromatic carbocycles. The van der Waals surface area contributed by atoms with Crippen molar-refractivity contribution in [3.05, 3.63) is 0 Å². The van der Waals surface area contributed by atoms with E-state index in [-0.39, 0.29) is 11.5 Å². The van der Waals surface area contributed by atoms with Crippen molar-refractivity contribution in [3.63, 3.8) is 0 Å². The van der Waals surface area contributed by atoms with Gasteiger partial charge in [-0.2, -0.15) is 0 Å². The molecular formula is C16H29NO2. The molecule has 2 rings (SSSR count). The van der Waals surface area contributed by atoms with Gasteiger partial charge in [-0.05, 0) is 72.6 Å². The van der Waals surface area contributed by atoms with E-state index in [1.165, 1.54) is 12.8 Å². The van der Waals surface area contributed by atoms with Crippen LogP contribution in [-0.2, 0) is 9.53 Å². The van der Waals surface area contributed by atoms with Gasteiger partial charge in [-0.3, -0.25) is 10.1 Å². The Bertz CT molecular complexity index is 364. The highest BCUT2D eigenvalue weighted by Crippen LogP contribution is 2.52. The number of fused-ring (bicyclic) bond motifs is 2. The van der Waals surface area contributed by atoms with Gasteiger partial charge in [0.1, 0.15) is 11.1 Å². The largest absolute Gasteiger partial charge is 0.459 e. The summed E-state index contributed by atoms with van der Waals surface area (Å²) in [4.78, 5) is 12.8. The van der Waals surface area contributed by atoms with Crippen LogP contribution in [0.5, 0.6) is 0 Å². The van der Waals surface area contributed by atoms with Crippen LogP contribution < -0.4 is 5.32 Å². The van der Waals surface area contributed by atoms with Gasteiger partial charge in [-0.15, -0.1) is 0 Å². The lowest BCUT2D eigenvalue weighted by Crippen LogP contribution is -2.63. The number of rotatable bonds is 2. The molecule has 3 atom stereocenters. The van der Waals surface area contributed by atoms with Crippen molar-refractivity contribution in [2.75, 3.05) is 0 Å². The van der Waals surface area contributed by atoms with Crippen molar-refractivity contribution >= 4 is 5.97 Å². The summed E-state index contributed by atoms with van der Waals surface area (Å²) in [6.45, 7) is 12.2. The van der Waals surface area contributed by atoms with Gasteiger partial charge in [0.2, 0.25) is 0 Å². The first-order valence-corrected chi connectivity index (χ1v) is 7.55. The van der Waals surface area contributed by atoms with Crippen molar-refractivity contribution in [2.45, 2.75) is 83.9 Å². The zero-order valence-corrected chi connectivity index (χ0v) is 13.3. The Morgan fingerprint density at radius 2 is 1.79 bits per heavy atom. The van der Waals surface area contributed by atoms with Crippen molar-refractivity contribution in [2.24, 2.45) is 11.8 Å². The first-order chi connectivity index (χ1) is 8.52. The van der Waals surface area contributed by atoms with Gasteiger partial charge < -0.3 is 4.74 Å². The SMILES string of the molecule is CC(C)(C)NC1(C(=O)OC(C)(C)C)CC2CCC1C2. The van der Waals surface area contributed by atoms with Gasteiger partial charge in [0.15, 0.2) is 0 Å². The molecule has 2 saturated carbocycles. The Morgan fingerprint density at radius 1 is 1.16 bits per heavy atom. The number of ether oxygens (including phenoxy) is 1. The van der Waals surface area contributed by atoms with Crippen LogP contribution in [0.4, 0.5) is 0 Å². The van der Waals surface area contributed by atoms with Gasteiger partial charge >= 0.3 is 5.97 Å². The lowest BCUT2D eigenvalue weighted by molar-refractivity contribution is -0.167. The Kier molecular flexibility index (Phi) is 3.49. The number of hydrogen-bond acceptors (Lipinski definition) is 3. The average Bonchev–Trinajstić information content (AvgIpc) is 2.71. The van der Waals surface area contributed by atoms with Crippen LogP contribution in [0, 0.1) is 11.8 Å². The van der Waals surface area contributed by atoms with E-state index >= 15 is 0 Å². The quantitative estimate of drug-likeness (QED) is 0.780. The third-order valence-electron chi connectivity index (χ3n) is 4.21. The number of nitrogens with one attached hydrogen (secondary N) is 1. The standard InChI is InChI=1S/C16H29NO2/c1-14(2,3)17-16(13(18)19-15(4,5)6)10-11-7-8-12(16)9-11/h11-12,17H,7-10H2,1-6H3. The molecule has 2 aliphatic carbocycles. The maximum Gasteiger partial charge on any atom is 0.327 e. The normalized spacial score (nSPS) is 34.6. The molecule has 3 heteroatoms. The first kappa shape index (κ1) is 14.8. The third kappa shape index (κ3) is 3.13. The van der Waals surface area contributed by atoms with E-state index in [4.69, 9.17) is 4.74 Å². The summed E-state index contributed by atoms with van der Waals surface area (Å²) in [5.41, 5.74) is -0.929. The summed E-state index contributed by atoms with van der Waals surface area (Å²) in [7, 11) is 0. The number of carbonyl (C=O) groups is 1. The second-order valence-electron chi connectivity index (χ2n) is 8.43. The predicted molar refractivity (Wildman–Crippen MR) is 76.9 cm³/mol. The van der Waals surface area contributed by atoms with Crippen LogP contribution in [0.25, 0.3) is 0 Å². The zero-order valence-electron chi connectivity index (χ0n) is 13.3. The predicted octanol–water partition coefficient (Wildman–Crippen LogP) is 3.28. The highest BCUT2D eigenvalue weighted by atomic mass is 16.6. The second-order valence-corrected chi connectivity index (χ2v) is 8.43. The third-order valence-corrected chi connectivity index (χ3v) is 4.21. The Hall–Kier alpha value is -0.570. The highest BCUT2D eigenvalue weighted by molar-refractivity contribution is 5.82. The van der Waals surface area contributed by atoms with Crippen LogP contribution in [0.3, 0.4) is 0 Å². The van der Waals surface area contributed by atoms with Crippen molar-refractivity contribution < 1.29 is 9.53 Å². The summed E-state index contributed by atoms with van der Waals surface area (Å²) in [5.74, 6) is 1.11. The molecule has 2 fully saturated rings. The van der Waals surface area contributed by atoms with Crippen molar-refractivity contribution in [3.8, 4) is 0 Å². The summed E-state index contributed by atoms with van der Waals surface area (Å²) in [6, 6.07) is 0. The fraction of sp³-hybridized carbons (Fsp3) is 0.938. The molecule has 0 saturated heterocycles. The van der Waals surface area contributed by atoms with Gasteiger partial charge in [-0.1, -0.05) is 6.42 Å². The van der Waals surface area contributed by atoms with Crippen LogP contribution in [0.1, 0.15) is 67.2 Å². The van der Waals surface area contributed by atoms with E-state index in [1.54, 1.807) is 0 Å². The minimum atomic E-state index is -0.450. The highest BCUT2D eigenvalue weighted by Gasteiger charge is 2.58. The molecule has 0 aliphatic heterocycles. The summed E-state index contributed by atoms with van der Waals surface area (Å²) < 4.78 is 5.72. The summed E-state index contributed by atoms with van der Waals surface area (Å²) in [5, 5.41) is 3.61. The second kappa shape index (κ2) is 4.47. The maximum atomic E-state index is 12.8. The molecule has 110 valence electrons. The molecular weight excluding hydrogens is 238 g/mol. The number of esters is 1. The molecule has 3 unspecified atom stereocenters. The van der Waals surface area contributed by atoms with Crippen LogP contribution in [-0.4, -0.2) is 22.6 Å². The number of carbonyl (C=O) groups excluding carboxylic acids is 1. The maximum absolute atomic E-state index is 12.8. The molecule has 19 heavy (non-hydrogen) atoms. The van der Waals surface area contributed by atoms with Gasteiger partial charge in [-0.25, -0.2) is 0 Å². The summed E-state index contributed by atoms with van der Waals surface area (Å²) in [6.07, 6.45) is 4.57. The molecule has 1 N–H and O–H groups in total. The van der Waals surface area contributed by atoms with Crippen molar-refractivity contribution in [1.29, 1.82) is 0 Å². The van der Waals surface area contributed by atoms with E-state index in [0.29, 0.717) is 11.8 Å². The van der Waals surface area contributed by atoms with Gasteiger partial charge in [0.25, 0.3) is 0 Å². The molecule has 3 nitrogen and oxygen atoms in total. The molecule has 0 radical (unpaired) electrons. The molecule has 0 spiro atoms. The minimum absolute atomic E-state index is 0.0397. The molecule has 0 heterocycles. The molecule has 2 bridgehead atoms. The fourth-order valence-corrected chi connectivity index (χ4v) is 3.82. The number of hydrogen-bond donors (Lipinski definition) is 1. The Morgan fingerprint density at radius 3 is 2.16 bits per heavy atom. The minimum Gasteiger partial charge on any atom is -0.459 e. The van der Waals surface area contributed by atoms with Crippen LogP contribution in [0.15, 0.2) is 0 Å². The first-order valence-electron chi connectivity index (χ1n) is 7.55. The lowest BCUT2D eigenvalue weighted by Gasteiger charge is -2.42. The molecule has 0 aromatic rings.